The first kappa shape index (κ1) is 10.6. The van der Waals surface area contributed by atoms with Crippen LogP contribution in [0.2, 0.25) is 0 Å². The van der Waals surface area contributed by atoms with Crippen LogP contribution in [0.25, 0.3) is 0 Å². The minimum Gasteiger partial charge on any atom is -0.478 e. The van der Waals surface area contributed by atoms with E-state index in [0.29, 0.717) is 5.75 Å². The molecule has 0 radical (unpaired) electrons. The largest absolute Gasteiger partial charge is 0.478 e. The first-order valence-electron chi connectivity index (χ1n) is 4.51. The number of nitrogens with zero attached hydrogens (tertiary/aromatic N) is 2. The lowest BCUT2D eigenvalue weighted by atomic mass is 10.4. The molecule has 2 N–H and O–H groups in total. The Hall–Kier alpha value is -1.52. The monoisotopic (exact) mass is 197 g/mol. The summed E-state index contributed by atoms with van der Waals surface area (Å²) >= 11 is 0. The second-order valence-corrected chi connectivity index (χ2v) is 3.41. The zero-order valence-corrected chi connectivity index (χ0v) is 8.60. The number of hydrogen-bond acceptors (Lipinski definition) is 3. The maximum absolute atomic E-state index is 10.7. The van der Waals surface area contributed by atoms with E-state index in [4.69, 9.17) is 10.5 Å². The number of amides is 1. The smallest absolute Gasteiger partial charge is 0.258 e. The van der Waals surface area contributed by atoms with Gasteiger partial charge in [0, 0.05) is 6.04 Å². The van der Waals surface area contributed by atoms with Crippen molar-refractivity contribution in [1.29, 1.82) is 0 Å². The van der Waals surface area contributed by atoms with Crippen molar-refractivity contribution in [2.45, 2.75) is 32.9 Å². The summed E-state index contributed by atoms with van der Waals surface area (Å²) in [6, 6.07) is 0.274. The molecule has 0 saturated carbocycles. The molecule has 1 heterocycles. The van der Waals surface area contributed by atoms with Gasteiger partial charge in [-0.3, -0.25) is 9.48 Å². The zero-order valence-electron chi connectivity index (χ0n) is 8.60. The van der Waals surface area contributed by atoms with Crippen LogP contribution in [0.3, 0.4) is 0 Å². The Kier molecular flexibility index (Phi) is 3.11. The highest BCUT2D eigenvalue weighted by molar-refractivity contribution is 5.78. The van der Waals surface area contributed by atoms with Gasteiger partial charge in [0.25, 0.3) is 5.91 Å². The lowest BCUT2D eigenvalue weighted by molar-refractivity contribution is -0.123. The molecule has 0 spiro atoms. The van der Waals surface area contributed by atoms with Crippen molar-refractivity contribution in [2.75, 3.05) is 0 Å². The quantitative estimate of drug-likeness (QED) is 0.773. The number of aromatic nitrogens is 2. The van der Waals surface area contributed by atoms with Crippen molar-refractivity contribution in [3.05, 3.63) is 12.4 Å². The number of primary amides is 1. The molecule has 0 aromatic carbocycles. The number of hydrogen-bond donors (Lipinski definition) is 1. The Bertz CT molecular complexity index is 320. The molecule has 78 valence electrons. The van der Waals surface area contributed by atoms with Gasteiger partial charge in [-0.1, -0.05) is 0 Å². The highest BCUT2D eigenvalue weighted by Gasteiger charge is 2.11. The van der Waals surface area contributed by atoms with Gasteiger partial charge < -0.3 is 10.5 Å². The van der Waals surface area contributed by atoms with E-state index in [-0.39, 0.29) is 6.04 Å². The molecular formula is C9H15N3O2. The van der Waals surface area contributed by atoms with Crippen molar-refractivity contribution in [3.63, 3.8) is 0 Å². The molecule has 1 unspecified atom stereocenters. The van der Waals surface area contributed by atoms with Crippen LogP contribution in [0.5, 0.6) is 5.75 Å². The van der Waals surface area contributed by atoms with Crippen LogP contribution in [0.1, 0.15) is 26.8 Å². The van der Waals surface area contributed by atoms with Crippen molar-refractivity contribution >= 4 is 5.91 Å². The summed E-state index contributed by atoms with van der Waals surface area (Å²) < 4.78 is 7.00. The number of nitrogens with two attached hydrogens (primary N) is 1. The molecule has 0 aliphatic rings. The van der Waals surface area contributed by atoms with Gasteiger partial charge in [-0.2, -0.15) is 5.10 Å². The second kappa shape index (κ2) is 4.13. The third kappa shape index (κ3) is 2.48. The van der Waals surface area contributed by atoms with E-state index >= 15 is 0 Å². The lowest BCUT2D eigenvalue weighted by Gasteiger charge is -2.08. The minimum absolute atomic E-state index is 0.274. The Morgan fingerprint density at radius 1 is 1.57 bits per heavy atom. The van der Waals surface area contributed by atoms with E-state index in [2.05, 4.69) is 5.10 Å². The fraction of sp³-hybridized carbons (Fsp3) is 0.556. The summed E-state index contributed by atoms with van der Waals surface area (Å²) in [4.78, 5) is 10.7. The summed E-state index contributed by atoms with van der Waals surface area (Å²) in [5.41, 5.74) is 5.06. The summed E-state index contributed by atoms with van der Waals surface area (Å²) in [6.45, 7) is 5.62. The number of ether oxygens (including phenoxy) is 1. The van der Waals surface area contributed by atoms with Gasteiger partial charge in [0.15, 0.2) is 11.9 Å². The van der Waals surface area contributed by atoms with Crippen molar-refractivity contribution < 1.29 is 9.53 Å². The molecule has 0 fully saturated rings. The van der Waals surface area contributed by atoms with Crippen LogP contribution < -0.4 is 10.5 Å². The molecule has 1 amide bonds. The third-order valence-electron chi connectivity index (χ3n) is 1.82. The van der Waals surface area contributed by atoms with Crippen LogP contribution in [0, 0.1) is 0 Å². The normalized spacial score (nSPS) is 12.9. The topological polar surface area (TPSA) is 70.1 Å². The van der Waals surface area contributed by atoms with Crippen LogP contribution in [0.15, 0.2) is 12.4 Å². The molecule has 1 aromatic heterocycles. The summed E-state index contributed by atoms with van der Waals surface area (Å²) in [6.07, 6.45) is 2.68. The summed E-state index contributed by atoms with van der Waals surface area (Å²) in [7, 11) is 0. The van der Waals surface area contributed by atoms with Crippen molar-refractivity contribution in [2.24, 2.45) is 5.73 Å². The zero-order chi connectivity index (χ0) is 10.7. The molecule has 1 rings (SSSR count). The molecular weight excluding hydrogens is 182 g/mol. The SMILES string of the molecule is CC(Oc1cnn(C(C)C)c1)C(N)=O. The summed E-state index contributed by atoms with van der Waals surface area (Å²) in [5.74, 6) is 0.0762. The van der Waals surface area contributed by atoms with Gasteiger partial charge >= 0.3 is 0 Å². The summed E-state index contributed by atoms with van der Waals surface area (Å²) in [5, 5.41) is 4.07. The van der Waals surface area contributed by atoms with Crippen LogP contribution >= 0.6 is 0 Å². The molecule has 1 atom stereocenters. The molecule has 0 saturated heterocycles. The van der Waals surface area contributed by atoms with Crippen molar-refractivity contribution in [3.8, 4) is 5.75 Å². The highest BCUT2D eigenvalue weighted by Crippen LogP contribution is 2.13. The predicted molar refractivity (Wildman–Crippen MR) is 51.9 cm³/mol. The molecule has 0 aliphatic carbocycles. The molecule has 5 nitrogen and oxygen atoms in total. The Morgan fingerprint density at radius 2 is 2.21 bits per heavy atom. The Labute approximate surface area is 82.8 Å². The van der Waals surface area contributed by atoms with E-state index in [9.17, 15) is 4.79 Å². The standard InChI is InChI=1S/C9H15N3O2/c1-6(2)12-5-8(4-11-12)14-7(3)9(10)13/h4-7H,1-3H3,(H2,10,13). The van der Waals surface area contributed by atoms with Gasteiger partial charge in [0.2, 0.25) is 0 Å². The first-order valence-corrected chi connectivity index (χ1v) is 4.51. The number of rotatable bonds is 4. The van der Waals surface area contributed by atoms with Crippen LogP contribution in [-0.4, -0.2) is 21.8 Å². The average molecular weight is 197 g/mol. The van der Waals surface area contributed by atoms with E-state index in [1.54, 1.807) is 24.0 Å². The molecule has 0 bridgehead atoms. The minimum atomic E-state index is -0.625. The maximum atomic E-state index is 10.7. The van der Waals surface area contributed by atoms with E-state index in [1.807, 2.05) is 13.8 Å². The predicted octanol–water partition coefficient (Wildman–Crippen LogP) is 0.717. The molecule has 5 heteroatoms. The molecule has 14 heavy (non-hydrogen) atoms. The van der Waals surface area contributed by atoms with Gasteiger partial charge in [-0.15, -0.1) is 0 Å². The molecule has 0 aliphatic heterocycles. The molecule has 1 aromatic rings. The Balaban J connectivity index is 2.64. The van der Waals surface area contributed by atoms with Gasteiger partial charge in [0.05, 0.1) is 12.4 Å². The number of carbonyl (C=O) groups excluding carboxylic acids is 1. The third-order valence-corrected chi connectivity index (χ3v) is 1.82. The van der Waals surface area contributed by atoms with E-state index in [0.717, 1.165) is 0 Å². The van der Waals surface area contributed by atoms with E-state index < -0.39 is 12.0 Å². The maximum Gasteiger partial charge on any atom is 0.258 e. The Morgan fingerprint density at radius 3 is 2.64 bits per heavy atom. The van der Waals surface area contributed by atoms with Gasteiger partial charge in [-0.05, 0) is 20.8 Å². The van der Waals surface area contributed by atoms with Gasteiger partial charge in [-0.25, -0.2) is 0 Å². The van der Waals surface area contributed by atoms with Crippen molar-refractivity contribution in [1.82, 2.24) is 9.78 Å². The first-order chi connectivity index (χ1) is 6.50. The lowest BCUT2D eigenvalue weighted by Crippen LogP contribution is -2.30. The fourth-order valence-corrected chi connectivity index (χ4v) is 0.926. The number of carbonyl (C=O) groups is 1. The second-order valence-electron chi connectivity index (χ2n) is 3.41. The fourth-order valence-electron chi connectivity index (χ4n) is 0.926. The average Bonchev–Trinajstić information content (AvgIpc) is 2.52. The highest BCUT2D eigenvalue weighted by atomic mass is 16.5. The van der Waals surface area contributed by atoms with Gasteiger partial charge in [0.1, 0.15) is 0 Å². The van der Waals surface area contributed by atoms with Crippen LogP contribution in [0.4, 0.5) is 0 Å². The van der Waals surface area contributed by atoms with E-state index in [1.165, 1.54) is 0 Å². The van der Waals surface area contributed by atoms with Crippen LogP contribution in [-0.2, 0) is 4.79 Å².